The second-order valence-corrected chi connectivity index (χ2v) is 6.21. The Morgan fingerprint density at radius 1 is 1.32 bits per heavy atom. The van der Waals surface area contributed by atoms with Gasteiger partial charge in [0.05, 0.1) is 12.8 Å². The summed E-state index contributed by atoms with van der Waals surface area (Å²) in [5.74, 6) is 0.615. The first kappa shape index (κ1) is 15.7. The molecular formula is C12H21N3O3S. The molecule has 108 valence electrons. The van der Waals surface area contributed by atoms with Gasteiger partial charge >= 0.3 is 10.2 Å². The van der Waals surface area contributed by atoms with Crippen molar-refractivity contribution in [1.29, 1.82) is 0 Å². The Hall–Kier alpha value is -1.31. The van der Waals surface area contributed by atoms with E-state index in [1.807, 2.05) is 0 Å². The highest BCUT2D eigenvalue weighted by Gasteiger charge is 2.23. The molecule has 0 fully saturated rings. The lowest BCUT2D eigenvalue weighted by Gasteiger charge is -2.26. The van der Waals surface area contributed by atoms with Gasteiger partial charge in [0.25, 0.3) is 0 Å². The summed E-state index contributed by atoms with van der Waals surface area (Å²) in [5.41, 5.74) is 5.95. The lowest BCUT2D eigenvalue weighted by atomic mass is 10.3. The van der Waals surface area contributed by atoms with Crippen molar-refractivity contribution in [2.24, 2.45) is 5.73 Å². The molecule has 0 amide bonds. The van der Waals surface area contributed by atoms with Crippen molar-refractivity contribution in [3.8, 4) is 5.75 Å². The lowest BCUT2D eigenvalue weighted by Crippen LogP contribution is -2.40. The van der Waals surface area contributed by atoms with Crippen LogP contribution in [0, 0.1) is 0 Å². The molecule has 0 unspecified atom stereocenters. The molecule has 0 aliphatic heterocycles. The van der Waals surface area contributed by atoms with Gasteiger partial charge < -0.3 is 10.5 Å². The first-order chi connectivity index (χ1) is 8.93. The molecule has 0 aliphatic rings. The van der Waals surface area contributed by atoms with Crippen LogP contribution in [0.1, 0.15) is 6.42 Å². The highest BCUT2D eigenvalue weighted by atomic mass is 32.2. The van der Waals surface area contributed by atoms with E-state index in [1.165, 1.54) is 15.7 Å². The van der Waals surface area contributed by atoms with Gasteiger partial charge in [-0.25, -0.2) is 0 Å². The summed E-state index contributed by atoms with van der Waals surface area (Å²) < 4.78 is 32.2. The van der Waals surface area contributed by atoms with Gasteiger partial charge in [-0.2, -0.15) is 12.7 Å². The minimum Gasteiger partial charge on any atom is -0.497 e. The number of nitrogens with two attached hydrogens (primary N) is 1. The maximum Gasteiger partial charge on any atom is 0.303 e. The Balaban J connectivity index is 2.93. The maximum absolute atomic E-state index is 12.3. The van der Waals surface area contributed by atoms with Crippen molar-refractivity contribution in [2.45, 2.75) is 6.42 Å². The van der Waals surface area contributed by atoms with E-state index in [1.54, 1.807) is 38.4 Å². The van der Waals surface area contributed by atoms with Crippen molar-refractivity contribution < 1.29 is 13.2 Å². The van der Waals surface area contributed by atoms with Crippen LogP contribution in [0.4, 0.5) is 5.69 Å². The van der Waals surface area contributed by atoms with E-state index in [2.05, 4.69) is 0 Å². The van der Waals surface area contributed by atoms with Crippen LogP contribution in [-0.4, -0.2) is 47.0 Å². The maximum atomic E-state index is 12.3. The molecule has 0 atom stereocenters. The summed E-state index contributed by atoms with van der Waals surface area (Å²) in [7, 11) is 1.07. The van der Waals surface area contributed by atoms with Crippen LogP contribution in [0.15, 0.2) is 24.3 Å². The standard InChI is InChI=1S/C12H21N3O3S/c1-14(9-5-8-13)19(16,17)15(2)11-6-4-7-12(10-11)18-3/h4,6-7,10H,5,8-9,13H2,1-3H3. The number of hydrogen-bond acceptors (Lipinski definition) is 4. The van der Waals surface area contributed by atoms with Crippen molar-refractivity contribution in [2.75, 3.05) is 38.6 Å². The summed E-state index contributed by atoms with van der Waals surface area (Å²) >= 11 is 0. The smallest absolute Gasteiger partial charge is 0.303 e. The topological polar surface area (TPSA) is 75.9 Å². The van der Waals surface area contributed by atoms with Gasteiger partial charge in [0, 0.05) is 26.7 Å². The number of rotatable bonds is 7. The third-order valence-corrected chi connectivity index (χ3v) is 4.71. The zero-order valence-electron chi connectivity index (χ0n) is 11.5. The Labute approximate surface area is 114 Å². The molecule has 2 N–H and O–H groups in total. The Kier molecular flexibility index (Phi) is 5.59. The molecule has 19 heavy (non-hydrogen) atoms. The van der Waals surface area contributed by atoms with Crippen molar-refractivity contribution in [3.63, 3.8) is 0 Å². The molecule has 6 nitrogen and oxygen atoms in total. The molecule has 0 spiro atoms. The van der Waals surface area contributed by atoms with Crippen LogP contribution in [0.2, 0.25) is 0 Å². The van der Waals surface area contributed by atoms with Crippen molar-refractivity contribution >= 4 is 15.9 Å². The number of hydrogen-bond donors (Lipinski definition) is 1. The van der Waals surface area contributed by atoms with E-state index in [0.717, 1.165) is 0 Å². The van der Waals surface area contributed by atoms with Gasteiger partial charge in [-0.05, 0) is 25.1 Å². The zero-order valence-corrected chi connectivity index (χ0v) is 12.4. The molecule has 7 heteroatoms. The number of nitrogens with zero attached hydrogens (tertiary/aromatic N) is 2. The van der Waals surface area contributed by atoms with E-state index in [9.17, 15) is 8.42 Å². The predicted octanol–water partition coefficient (Wildman–Crippen LogP) is 0.657. The van der Waals surface area contributed by atoms with Crippen LogP contribution in [0.5, 0.6) is 5.75 Å². The lowest BCUT2D eigenvalue weighted by molar-refractivity contribution is 0.415. The van der Waals surface area contributed by atoms with Gasteiger partial charge in [0.15, 0.2) is 0 Å². The van der Waals surface area contributed by atoms with Crippen LogP contribution >= 0.6 is 0 Å². The van der Waals surface area contributed by atoms with Gasteiger partial charge in [-0.15, -0.1) is 0 Å². The number of methoxy groups -OCH3 is 1. The molecule has 0 saturated heterocycles. The van der Waals surface area contributed by atoms with Crippen molar-refractivity contribution in [3.05, 3.63) is 24.3 Å². The molecule has 1 aromatic carbocycles. The van der Waals surface area contributed by atoms with Crippen LogP contribution in [-0.2, 0) is 10.2 Å². The first-order valence-electron chi connectivity index (χ1n) is 5.97. The fourth-order valence-corrected chi connectivity index (χ4v) is 2.74. The summed E-state index contributed by atoms with van der Waals surface area (Å²) in [6.45, 7) is 0.857. The average molecular weight is 287 g/mol. The molecule has 0 bridgehead atoms. The van der Waals surface area contributed by atoms with Crippen LogP contribution in [0.25, 0.3) is 0 Å². The van der Waals surface area contributed by atoms with E-state index < -0.39 is 10.2 Å². The van der Waals surface area contributed by atoms with Gasteiger partial charge in [0.2, 0.25) is 0 Å². The first-order valence-corrected chi connectivity index (χ1v) is 7.37. The van der Waals surface area contributed by atoms with Gasteiger partial charge in [0.1, 0.15) is 5.75 Å². The summed E-state index contributed by atoms with van der Waals surface area (Å²) in [4.78, 5) is 0. The largest absolute Gasteiger partial charge is 0.497 e. The summed E-state index contributed by atoms with van der Waals surface area (Å²) in [6.07, 6.45) is 0.627. The summed E-state index contributed by atoms with van der Waals surface area (Å²) in [6, 6.07) is 6.91. The normalized spacial score (nSPS) is 11.6. The summed E-state index contributed by atoms with van der Waals surface area (Å²) in [5, 5.41) is 0. The van der Waals surface area contributed by atoms with E-state index in [0.29, 0.717) is 30.9 Å². The molecule has 0 aliphatic carbocycles. The molecule has 0 radical (unpaired) electrons. The number of benzene rings is 1. The SMILES string of the molecule is COc1cccc(N(C)S(=O)(=O)N(C)CCCN)c1. The molecule has 1 rings (SSSR count). The monoisotopic (exact) mass is 287 g/mol. The van der Waals surface area contributed by atoms with Gasteiger partial charge in [-0.1, -0.05) is 6.07 Å². The predicted molar refractivity (Wildman–Crippen MR) is 76.6 cm³/mol. The molecule has 1 aromatic rings. The molecule has 0 aromatic heterocycles. The highest BCUT2D eigenvalue weighted by molar-refractivity contribution is 7.90. The fraction of sp³-hybridized carbons (Fsp3) is 0.500. The average Bonchev–Trinajstić information content (AvgIpc) is 2.43. The third kappa shape index (κ3) is 3.82. The zero-order chi connectivity index (χ0) is 14.5. The van der Waals surface area contributed by atoms with Gasteiger partial charge in [-0.3, -0.25) is 4.31 Å². The quantitative estimate of drug-likeness (QED) is 0.799. The van der Waals surface area contributed by atoms with Crippen molar-refractivity contribution in [1.82, 2.24) is 4.31 Å². The fourth-order valence-electron chi connectivity index (χ4n) is 1.58. The minimum atomic E-state index is -3.53. The minimum absolute atomic E-state index is 0.396. The number of ether oxygens (including phenoxy) is 1. The third-order valence-electron chi connectivity index (χ3n) is 2.83. The molecular weight excluding hydrogens is 266 g/mol. The van der Waals surface area contributed by atoms with Crippen LogP contribution in [0.3, 0.4) is 0 Å². The van der Waals surface area contributed by atoms with E-state index in [-0.39, 0.29) is 0 Å². The molecule has 0 heterocycles. The molecule has 0 saturated carbocycles. The van der Waals surface area contributed by atoms with E-state index in [4.69, 9.17) is 10.5 Å². The second kappa shape index (κ2) is 6.74. The highest BCUT2D eigenvalue weighted by Crippen LogP contribution is 2.22. The Bertz CT molecular complexity index is 505. The van der Waals surface area contributed by atoms with E-state index >= 15 is 0 Å². The number of anilines is 1. The second-order valence-electron chi connectivity index (χ2n) is 4.14. The van der Waals surface area contributed by atoms with Crippen LogP contribution < -0.4 is 14.8 Å². The Morgan fingerprint density at radius 3 is 2.58 bits per heavy atom. The Morgan fingerprint density at radius 2 is 2.00 bits per heavy atom.